The van der Waals surface area contributed by atoms with Gasteiger partial charge in [0.2, 0.25) is 0 Å². The molecular weight excluding hydrogens is 288 g/mol. The number of aliphatic hydroxyl groups is 1. The molecule has 0 fully saturated rings. The second-order valence-corrected chi connectivity index (χ2v) is 5.52. The lowest BCUT2D eigenvalue weighted by Crippen LogP contribution is -2.02. The van der Waals surface area contributed by atoms with Crippen molar-refractivity contribution in [2.24, 2.45) is 0 Å². The number of hydrogen-bond donors (Lipinski definition) is 2. The van der Waals surface area contributed by atoms with E-state index in [1.165, 1.54) is 0 Å². The number of carboxylic acids is 1. The summed E-state index contributed by atoms with van der Waals surface area (Å²) in [7, 11) is 0. The van der Waals surface area contributed by atoms with Crippen molar-refractivity contribution in [3.8, 4) is 0 Å². The molecule has 1 atom stereocenters. The summed E-state index contributed by atoms with van der Waals surface area (Å²) in [6.45, 7) is 2.00. The van der Waals surface area contributed by atoms with Crippen LogP contribution in [-0.2, 0) is 4.79 Å². The van der Waals surface area contributed by atoms with E-state index in [4.69, 9.17) is 5.11 Å². The van der Waals surface area contributed by atoms with E-state index in [1.807, 2.05) is 13.0 Å². The van der Waals surface area contributed by atoms with Gasteiger partial charge in [-0.2, -0.15) is 0 Å². The normalized spacial score (nSPS) is 13.8. The Labute approximate surface area is 141 Å². The molecule has 23 heavy (non-hydrogen) atoms. The van der Waals surface area contributed by atoms with E-state index >= 15 is 0 Å². The van der Waals surface area contributed by atoms with Crippen molar-refractivity contribution in [2.75, 3.05) is 0 Å². The van der Waals surface area contributed by atoms with E-state index in [0.29, 0.717) is 6.42 Å². The third kappa shape index (κ3) is 18.3. The second-order valence-electron chi connectivity index (χ2n) is 5.52. The van der Waals surface area contributed by atoms with Gasteiger partial charge in [0.25, 0.3) is 0 Å². The highest BCUT2D eigenvalue weighted by molar-refractivity contribution is 5.66. The Morgan fingerprint density at radius 3 is 1.83 bits per heavy atom. The van der Waals surface area contributed by atoms with Gasteiger partial charge in [0.1, 0.15) is 0 Å². The maximum Gasteiger partial charge on any atom is 0.303 e. The first kappa shape index (κ1) is 21.4. The lowest BCUT2D eigenvalue weighted by atomic mass is 10.1. The highest BCUT2D eigenvalue weighted by atomic mass is 16.4. The molecule has 0 bridgehead atoms. The maximum absolute atomic E-state index is 10.3. The van der Waals surface area contributed by atoms with Gasteiger partial charge in [-0.3, -0.25) is 4.79 Å². The number of hydrogen-bond acceptors (Lipinski definition) is 2. The Morgan fingerprint density at radius 2 is 1.35 bits per heavy atom. The summed E-state index contributed by atoms with van der Waals surface area (Å²) in [5.74, 6) is -0.724. The number of carboxylic acid groups (broad SMARTS) is 1. The van der Waals surface area contributed by atoms with Gasteiger partial charge in [-0.25, -0.2) is 0 Å². The largest absolute Gasteiger partial charge is 0.481 e. The molecule has 0 aliphatic heterocycles. The molecule has 2 N–H and O–H groups in total. The molecule has 0 aromatic heterocycles. The fraction of sp³-hybridized carbons (Fsp3) is 0.550. The standard InChI is InChI=1S/C20H32O3/c1-2-19(21)17-15-13-11-9-7-5-3-4-6-8-10-12-14-16-18-20(22)23/h4-7,10-13,19,21H,2-3,8-9,14-18H2,1H3,(H,22,23)/b6-4-,7-5+,12-10-,13-11-. The van der Waals surface area contributed by atoms with E-state index < -0.39 is 5.97 Å². The number of unbranched alkanes of at least 4 members (excludes halogenated alkanes) is 1. The highest BCUT2D eigenvalue weighted by Gasteiger charge is 1.96. The Balaban J connectivity index is 3.46. The van der Waals surface area contributed by atoms with Crippen molar-refractivity contribution in [3.63, 3.8) is 0 Å². The van der Waals surface area contributed by atoms with Crippen LogP contribution >= 0.6 is 0 Å². The van der Waals surface area contributed by atoms with E-state index in [2.05, 4.69) is 42.5 Å². The summed E-state index contributed by atoms with van der Waals surface area (Å²) in [5.41, 5.74) is 0. The Hall–Kier alpha value is -1.61. The topological polar surface area (TPSA) is 57.5 Å². The predicted octanol–water partition coefficient (Wildman–Crippen LogP) is 5.19. The maximum atomic E-state index is 10.3. The minimum absolute atomic E-state index is 0.161. The molecule has 0 saturated heterocycles. The highest BCUT2D eigenvalue weighted by Crippen LogP contribution is 2.02. The van der Waals surface area contributed by atoms with Crippen LogP contribution < -0.4 is 0 Å². The third-order valence-corrected chi connectivity index (χ3v) is 3.38. The van der Waals surface area contributed by atoms with Crippen LogP contribution in [0.5, 0.6) is 0 Å². The zero-order chi connectivity index (χ0) is 17.2. The molecule has 3 heteroatoms. The second kappa shape index (κ2) is 16.8. The van der Waals surface area contributed by atoms with E-state index in [0.717, 1.165) is 44.9 Å². The monoisotopic (exact) mass is 320 g/mol. The quantitative estimate of drug-likeness (QED) is 0.342. The van der Waals surface area contributed by atoms with Crippen molar-refractivity contribution >= 4 is 5.97 Å². The van der Waals surface area contributed by atoms with E-state index in [1.54, 1.807) is 0 Å². The molecule has 0 aliphatic carbocycles. The summed E-state index contributed by atoms with van der Waals surface area (Å²) in [4.78, 5) is 10.3. The fourth-order valence-corrected chi connectivity index (χ4v) is 1.91. The Bertz CT molecular complexity index is 392. The minimum Gasteiger partial charge on any atom is -0.481 e. The lowest BCUT2D eigenvalue weighted by molar-refractivity contribution is -0.137. The molecule has 1 unspecified atom stereocenters. The first-order chi connectivity index (χ1) is 11.2. The van der Waals surface area contributed by atoms with Crippen molar-refractivity contribution in [1.82, 2.24) is 0 Å². The van der Waals surface area contributed by atoms with Crippen LogP contribution in [0.25, 0.3) is 0 Å². The summed E-state index contributed by atoms with van der Waals surface area (Å²) >= 11 is 0. The average Bonchev–Trinajstić information content (AvgIpc) is 2.53. The smallest absolute Gasteiger partial charge is 0.303 e. The molecule has 3 nitrogen and oxygen atoms in total. The molecule has 0 radical (unpaired) electrons. The van der Waals surface area contributed by atoms with Gasteiger partial charge in [0.05, 0.1) is 6.10 Å². The van der Waals surface area contributed by atoms with Crippen molar-refractivity contribution in [3.05, 3.63) is 48.6 Å². The number of carbonyl (C=O) groups is 1. The lowest BCUT2D eigenvalue weighted by Gasteiger charge is -2.03. The Kier molecular flexibility index (Phi) is 15.6. The number of allylic oxidation sites excluding steroid dienone is 8. The Morgan fingerprint density at radius 1 is 0.870 bits per heavy atom. The summed E-state index contributed by atoms with van der Waals surface area (Å²) < 4.78 is 0. The van der Waals surface area contributed by atoms with Gasteiger partial charge < -0.3 is 10.2 Å². The van der Waals surface area contributed by atoms with Crippen molar-refractivity contribution in [2.45, 2.75) is 70.8 Å². The third-order valence-electron chi connectivity index (χ3n) is 3.38. The predicted molar refractivity (Wildman–Crippen MR) is 97.4 cm³/mol. The molecule has 0 rings (SSSR count). The first-order valence-electron chi connectivity index (χ1n) is 8.66. The fourth-order valence-electron chi connectivity index (χ4n) is 1.91. The summed E-state index contributed by atoms with van der Waals surface area (Å²) in [6.07, 6.45) is 24.0. The average molecular weight is 320 g/mol. The molecular formula is C20H32O3. The van der Waals surface area contributed by atoms with Crippen LogP contribution in [0.1, 0.15) is 64.7 Å². The van der Waals surface area contributed by atoms with Gasteiger partial charge in [-0.15, -0.1) is 0 Å². The number of aliphatic carboxylic acids is 1. The van der Waals surface area contributed by atoms with Crippen LogP contribution in [0.2, 0.25) is 0 Å². The van der Waals surface area contributed by atoms with Gasteiger partial charge in [0, 0.05) is 6.42 Å². The van der Waals surface area contributed by atoms with Crippen LogP contribution in [0.4, 0.5) is 0 Å². The van der Waals surface area contributed by atoms with Gasteiger partial charge in [0.15, 0.2) is 0 Å². The van der Waals surface area contributed by atoms with Crippen molar-refractivity contribution in [1.29, 1.82) is 0 Å². The summed E-state index contributed by atoms with van der Waals surface area (Å²) in [5, 5.41) is 17.9. The van der Waals surface area contributed by atoms with Crippen LogP contribution in [0, 0.1) is 0 Å². The molecule has 0 aromatic rings. The van der Waals surface area contributed by atoms with Gasteiger partial charge in [-0.05, 0) is 51.4 Å². The van der Waals surface area contributed by atoms with Gasteiger partial charge in [-0.1, -0.05) is 55.5 Å². The summed E-state index contributed by atoms with van der Waals surface area (Å²) in [6, 6.07) is 0. The SMILES string of the molecule is CCC(O)CC/C=C\C/C=C/C/C=C\C/C=C\CCCC(=O)O. The first-order valence-corrected chi connectivity index (χ1v) is 8.66. The van der Waals surface area contributed by atoms with Crippen molar-refractivity contribution < 1.29 is 15.0 Å². The zero-order valence-electron chi connectivity index (χ0n) is 14.4. The molecule has 0 aliphatic rings. The molecule has 0 aromatic carbocycles. The molecule has 0 amide bonds. The van der Waals surface area contributed by atoms with Crippen LogP contribution in [0.3, 0.4) is 0 Å². The number of aliphatic hydroxyl groups excluding tert-OH is 1. The van der Waals surface area contributed by atoms with Crippen LogP contribution in [-0.4, -0.2) is 22.3 Å². The van der Waals surface area contributed by atoms with E-state index in [9.17, 15) is 9.90 Å². The van der Waals surface area contributed by atoms with E-state index in [-0.39, 0.29) is 12.5 Å². The molecule has 0 spiro atoms. The molecule has 0 heterocycles. The minimum atomic E-state index is -0.724. The van der Waals surface area contributed by atoms with Gasteiger partial charge >= 0.3 is 5.97 Å². The molecule has 130 valence electrons. The van der Waals surface area contributed by atoms with Crippen LogP contribution in [0.15, 0.2) is 48.6 Å². The molecule has 0 saturated carbocycles. The number of rotatable bonds is 14. The zero-order valence-corrected chi connectivity index (χ0v) is 14.4.